The average molecular weight is 735 g/mol. The third-order valence-corrected chi connectivity index (χ3v) is 12.9. The lowest BCUT2D eigenvalue weighted by atomic mass is 9.82. The van der Waals surface area contributed by atoms with E-state index in [4.69, 9.17) is 13.8 Å². The molecule has 0 atom stereocenters. The van der Waals surface area contributed by atoms with Crippen molar-refractivity contribution in [1.29, 1.82) is 0 Å². The number of hydrogen-bond acceptors (Lipinski definition) is 4. The molecule has 0 N–H and O–H groups in total. The van der Waals surface area contributed by atoms with Gasteiger partial charge in [-0.1, -0.05) is 131 Å². The second-order valence-electron chi connectivity index (χ2n) is 16.7. The smallest absolute Gasteiger partial charge is 0.228 e. The van der Waals surface area contributed by atoms with Gasteiger partial charge in [-0.2, -0.15) is 0 Å². The van der Waals surface area contributed by atoms with Crippen molar-refractivity contribution in [2.45, 2.75) is 38.5 Å². The summed E-state index contributed by atoms with van der Waals surface area (Å²) in [4.78, 5) is 7.40. The summed E-state index contributed by atoms with van der Waals surface area (Å²) in [6.45, 7) is 9.40. The van der Waals surface area contributed by atoms with Gasteiger partial charge in [0.25, 0.3) is 0 Å². The van der Waals surface area contributed by atoms with Gasteiger partial charge in [0.15, 0.2) is 5.58 Å². The molecule has 2 aliphatic rings. The maximum atomic E-state index is 7.00. The maximum absolute atomic E-state index is 7.00. The van der Waals surface area contributed by atoms with E-state index < -0.39 is 0 Å². The van der Waals surface area contributed by atoms with Crippen LogP contribution in [0.2, 0.25) is 0 Å². The molecule has 0 unspecified atom stereocenters. The monoisotopic (exact) mass is 734 g/mol. The first-order chi connectivity index (χ1) is 27.8. The highest BCUT2D eigenvalue weighted by Gasteiger charge is 2.39. The maximum Gasteiger partial charge on any atom is 0.228 e. The van der Waals surface area contributed by atoms with Gasteiger partial charge in [0.1, 0.15) is 16.7 Å². The van der Waals surface area contributed by atoms with Gasteiger partial charge < -0.3 is 13.7 Å². The number of aromatic nitrogens is 1. The number of hydrogen-bond donors (Lipinski definition) is 0. The fourth-order valence-electron chi connectivity index (χ4n) is 10.1. The normalized spacial score (nSPS) is 14.6. The van der Waals surface area contributed by atoms with Gasteiger partial charge in [0, 0.05) is 55.6 Å². The number of rotatable bonds is 4. The average Bonchev–Trinajstić information content (AvgIpc) is 3.96. The predicted molar refractivity (Wildman–Crippen MR) is 234 cm³/mol. The van der Waals surface area contributed by atoms with Crippen LogP contribution in [-0.4, -0.2) is 4.98 Å². The van der Waals surface area contributed by atoms with Gasteiger partial charge >= 0.3 is 0 Å². The molecule has 2 heterocycles. The first-order valence-corrected chi connectivity index (χ1v) is 19.8. The lowest BCUT2D eigenvalue weighted by molar-refractivity contribution is 0.620. The Bertz CT molecular complexity index is 3290. The zero-order valence-corrected chi connectivity index (χ0v) is 32.2. The van der Waals surface area contributed by atoms with E-state index in [9.17, 15) is 0 Å². The van der Waals surface area contributed by atoms with Crippen LogP contribution < -0.4 is 4.90 Å². The van der Waals surface area contributed by atoms with Crippen molar-refractivity contribution in [2.75, 3.05) is 4.90 Å². The summed E-state index contributed by atoms with van der Waals surface area (Å²) in [5.41, 5.74) is 17.7. The highest BCUT2D eigenvalue weighted by atomic mass is 16.3. The van der Waals surface area contributed by atoms with Gasteiger partial charge in [0.2, 0.25) is 5.89 Å². The van der Waals surface area contributed by atoms with Crippen LogP contribution in [-0.2, 0) is 10.8 Å². The summed E-state index contributed by atoms with van der Waals surface area (Å²) in [6, 6.07) is 56.8. The minimum absolute atomic E-state index is 0.139. The van der Waals surface area contributed by atoms with E-state index in [1.54, 1.807) is 0 Å². The summed E-state index contributed by atoms with van der Waals surface area (Å²) in [5.74, 6) is 0.586. The van der Waals surface area contributed by atoms with E-state index in [1.165, 1.54) is 44.5 Å². The summed E-state index contributed by atoms with van der Waals surface area (Å²) in [7, 11) is 0. The summed E-state index contributed by atoms with van der Waals surface area (Å²) < 4.78 is 13.4. The van der Waals surface area contributed by atoms with Crippen LogP contribution in [0, 0.1) is 0 Å². The van der Waals surface area contributed by atoms with E-state index in [2.05, 4.69) is 166 Å². The van der Waals surface area contributed by atoms with Crippen LogP contribution in [0.3, 0.4) is 0 Å². The van der Waals surface area contributed by atoms with Crippen LogP contribution in [0.25, 0.3) is 77.5 Å². The second-order valence-corrected chi connectivity index (χ2v) is 16.7. The molecule has 0 radical (unpaired) electrons. The Morgan fingerprint density at radius 2 is 1.14 bits per heavy atom. The first kappa shape index (κ1) is 32.3. The molecule has 10 aromatic rings. The number of nitrogens with zero attached hydrogens (tertiary/aromatic N) is 2. The van der Waals surface area contributed by atoms with Crippen molar-refractivity contribution in [2.24, 2.45) is 0 Å². The minimum atomic E-state index is -0.147. The molecule has 4 heteroatoms. The number of oxazole rings is 1. The molecule has 2 aromatic heterocycles. The lowest BCUT2D eigenvalue weighted by Gasteiger charge is -2.30. The molecule has 0 amide bonds. The summed E-state index contributed by atoms with van der Waals surface area (Å²) in [6.07, 6.45) is 0. The molecule has 0 aliphatic heterocycles. The molecule has 2 aliphatic carbocycles. The Balaban J connectivity index is 1.12. The molecule has 0 spiro atoms. The van der Waals surface area contributed by atoms with Crippen molar-refractivity contribution < 1.29 is 8.83 Å². The Kier molecular flexibility index (Phi) is 6.43. The number of fused-ring (bicyclic) bond motifs is 12. The molecule has 0 saturated heterocycles. The predicted octanol–water partition coefficient (Wildman–Crippen LogP) is 14.6. The lowest BCUT2D eigenvalue weighted by Crippen LogP contribution is -2.17. The Hall–Kier alpha value is -6.91. The number of anilines is 3. The molecule has 0 bridgehead atoms. The molecule has 4 nitrogen and oxygen atoms in total. The molecular formula is C53H38N2O2. The quantitative estimate of drug-likeness (QED) is 0.181. The molecular weight excluding hydrogens is 697 g/mol. The molecule has 8 aromatic carbocycles. The van der Waals surface area contributed by atoms with Crippen molar-refractivity contribution in [3.8, 4) is 33.7 Å². The van der Waals surface area contributed by atoms with Crippen LogP contribution >= 0.6 is 0 Å². The second kappa shape index (κ2) is 11.3. The molecule has 57 heavy (non-hydrogen) atoms. The van der Waals surface area contributed by atoms with Crippen LogP contribution in [0.15, 0.2) is 167 Å². The van der Waals surface area contributed by atoms with Gasteiger partial charge in [-0.05, 0) is 92.9 Å². The minimum Gasteiger partial charge on any atom is -0.455 e. The molecule has 0 saturated carbocycles. The Morgan fingerprint density at radius 3 is 2.00 bits per heavy atom. The highest BCUT2D eigenvalue weighted by molar-refractivity contribution is 6.21. The fourth-order valence-corrected chi connectivity index (χ4v) is 10.1. The molecule has 12 rings (SSSR count). The number of furan rings is 1. The van der Waals surface area contributed by atoms with Crippen LogP contribution in [0.1, 0.15) is 49.9 Å². The van der Waals surface area contributed by atoms with E-state index >= 15 is 0 Å². The number of benzene rings is 8. The van der Waals surface area contributed by atoms with E-state index in [1.807, 2.05) is 24.3 Å². The largest absolute Gasteiger partial charge is 0.455 e. The van der Waals surface area contributed by atoms with Crippen LogP contribution in [0.5, 0.6) is 0 Å². The number of para-hydroxylation sites is 2. The van der Waals surface area contributed by atoms with Crippen molar-refractivity contribution >= 4 is 60.9 Å². The molecule has 0 fully saturated rings. The standard InChI is InChI=1S/C53H38N2O2/c1-52(2)41-19-10-8-17-37(41)49-42(52)20-13-22-45(49)55(32-24-26-36-35-16-7-9-18-40(35)53(3,4)43(36)29-32)33-25-27-38-47(30-33)56-50-34-15-6-5-14-31(34)28-39(48(38)50)51-54-44-21-11-12-23-46(44)57-51/h5-30H,1-4H3. The van der Waals surface area contributed by atoms with Gasteiger partial charge in [-0.15, -0.1) is 0 Å². The van der Waals surface area contributed by atoms with Gasteiger partial charge in [-0.25, -0.2) is 4.98 Å². The van der Waals surface area contributed by atoms with E-state index in [0.29, 0.717) is 5.89 Å². The Labute approximate surface area is 330 Å². The van der Waals surface area contributed by atoms with Crippen molar-refractivity contribution in [3.63, 3.8) is 0 Å². The first-order valence-electron chi connectivity index (χ1n) is 19.8. The van der Waals surface area contributed by atoms with Gasteiger partial charge in [-0.3, -0.25) is 0 Å². The van der Waals surface area contributed by atoms with E-state index in [-0.39, 0.29) is 10.8 Å². The van der Waals surface area contributed by atoms with E-state index in [0.717, 1.165) is 66.4 Å². The molecule has 272 valence electrons. The van der Waals surface area contributed by atoms with Gasteiger partial charge in [0.05, 0.1) is 5.69 Å². The fraction of sp³-hybridized carbons (Fsp3) is 0.113. The van der Waals surface area contributed by atoms with Crippen molar-refractivity contribution in [3.05, 3.63) is 180 Å². The highest BCUT2D eigenvalue weighted by Crippen LogP contribution is 2.56. The topological polar surface area (TPSA) is 42.4 Å². The third-order valence-electron chi connectivity index (χ3n) is 12.9. The summed E-state index contributed by atoms with van der Waals surface area (Å²) >= 11 is 0. The third kappa shape index (κ3) is 4.41. The SMILES string of the molecule is CC1(C)c2ccccc2-c2ccc(N(c3ccc4c(c3)oc3c5ccccc5cc(-c5nc6ccccc6o5)c43)c3cccc4c3-c3ccccc3C4(C)C)cc21. The van der Waals surface area contributed by atoms with Crippen LogP contribution in [0.4, 0.5) is 17.1 Å². The zero-order chi connectivity index (χ0) is 38.2. The zero-order valence-electron chi connectivity index (χ0n) is 32.2. The summed E-state index contributed by atoms with van der Waals surface area (Å²) in [5, 5.41) is 4.15. The Morgan fingerprint density at radius 1 is 0.474 bits per heavy atom. The van der Waals surface area contributed by atoms with Crippen molar-refractivity contribution in [1.82, 2.24) is 4.98 Å².